The number of pyridine rings is 1. The predicted molar refractivity (Wildman–Crippen MR) is 108 cm³/mol. The molecule has 0 aliphatic carbocycles. The predicted octanol–water partition coefficient (Wildman–Crippen LogP) is 2.86. The molecule has 1 rings (SSSR count). The van der Waals surface area contributed by atoms with Crippen molar-refractivity contribution in [3.63, 3.8) is 0 Å². The van der Waals surface area contributed by atoms with Gasteiger partial charge in [-0.15, -0.1) is 0 Å². The van der Waals surface area contributed by atoms with E-state index in [1.807, 2.05) is 41.5 Å². The van der Waals surface area contributed by atoms with Crippen LogP contribution in [0.1, 0.15) is 41.5 Å². The van der Waals surface area contributed by atoms with Crippen molar-refractivity contribution >= 4 is 31.3 Å². The third-order valence-electron chi connectivity index (χ3n) is 4.33. The Morgan fingerprint density at radius 1 is 1.07 bits per heavy atom. The van der Waals surface area contributed by atoms with Gasteiger partial charge < -0.3 is 24.0 Å². The molecule has 1 aromatic heterocycles. The minimum Gasteiger partial charge on any atom is -0.480 e. The van der Waals surface area contributed by atoms with Crippen molar-refractivity contribution in [2.75, 3.05) is 31.7 Å². The van der Waals surface area contributed by atoms with E-state index in [4.69, 9.17) is 14.6 Å². The first-order chi connectivity index (χ1) is 12.8. The zero-order valence-corrected chi connectivity index (χ0v) is 18.5. The van der Waals surface area contributed by atoms with Crippen LogP contribution in [-0.4, -0.2) is 56.8 Å². The van der Waals surface area contributed by atoms with Gasteiger partial charge in [0.2, 0.25) is 0 Å². The highest BCUT2D eigenvalue weighted by Gasteiger charge is 2.56. The molecular formula is C19H31FN2O5Si. The number of carboxylic acids is 1. The van der Waals surface area contributed by atoms with Crippen LogP contribution in [0.2, 0.25) is 10.1 Å². The Hall–Kier alpha value is -1.84. The van der Waals surface area contributed by atoms with Crippen molar-refractivity contribution in [2.45, 2.75) is 51.6 Å². The van der Waals surface area contributed by atoms with Crippen LogP contribution >= 0.6 is 0 Å². The van der Waals surface area contributed by atoms with Crippen LogP contribution in [0.25, 0.3) is 0 Å². The van der Waals surface area contributed by atoms with Crippen molar-refractivity contribution in [1.82, 2.24) is 4.98 Å². The number of carboxylic acid groups (broad SMARTS) is 1. The third-order valence-corrected chi connectivity index (χ3v) is 9.55. The third kappa shape index (κ3) is 6.35. The molecule has 0 aromatic carbocycles. The maximum absolute atomic E-state index is 16.2. The number of carbonyl (C=O) groups excluding carboxylic acids is 1. The molecule has 1 heterocycles. The summed E-state index contributed by atoms with van der Waals surface area (Å²) in [6.07, 6.45) is 1.51. The summed E-state index contributed by atoms with van der Waals surface area (Å²) in [5.41, 5.74) is 0. The lowest BCUT2D eigenvalue weighted by molar-refractivity contribution is -0.143. The number of rotatable bonds is 9. The van der Waals surface area contributed by atoms with Crippen LogP contribution in [0.4, 0.5) is 9.93 Å². The van der Waals surface area contributed by atoms with Crippen LogP contribution in [0.3, 0.4) is 0 Å². The van der Waals surface area contributed by atoms with E-state index in [0.29, 0.717) is 11.0 Å². The first-order valence-electron chi connectivity index (χ1n) is 9.11. The topological polar surface area (TPSA) is 97.8 Å². The van der Waals surface area contributed by atoms with E-state index in [9.17, 15) is 9.59 Å². The van der Waals surface area contributed by atoms with Crippen LogP contribution in [-0.2, 0) is 19.1 Å². The normalized spacial score (nSPS) is 12.7. The quantitative estimate of drug-likeness (QED) is 0.366. The number of ether oxygens (including phenoxy) is 2. The second kappa shape index (κ2) is 9.57. The number of anilines is 1. The molecule has 0 unspecified atom stereocenters. The molecule has 0 bridgehead atoms. The van der Waals surface area contributed by atoms with E-state index in [1.54, 1.807) is 12.1 Å². The fraction of sp³-hybridized carbons (Fsp3) is 0.632. The molecule has 158 valence electrons. The number of amides is 1. The summed E-state index contributed by atoms with van der Waals surface area (Å²) in [6.45, 7) is 11.0. The van der Waals surface area contributed by atoms with Gasteiger partial charge in [0.1, 0.15) is 19.0 Å². The van der Waals surface area contributed by atoms with Gasteiger partial charge in [-0.05, 0) is 21.3 Å². The largest absolute Gasteiger partial charge is 0.480 e. The van der Waals surface area contributed by atoms with Gasteiger partial charge in [0.25, 0.3) is 14.3 Å². The molecule has 0 saturated heterocycles. The van der Waals surface area contributed by atoms with E-state index in [1.165, 1.54) is 6.20 Å². The Bertz CT molecular complexity index is 654. The lowest BCUT2D eigenvalue weighted by Gasteiger charge is -2.44. The minimum atomic E-state index is -3.39. The number of nitrogens with one attached hydrogen (secondary N) is 1. The van der Waals surface area contributed by atoms with Gasteiger partial charge in [0.15, 0.2) is 0 Å². The summed E-state index contributed by atoms with van der Waals surface area (Å²) in [7, 11) is -3.39. The van der Waals surface area contributed by atoms with Gasteiger partial charge in [-0.3, -0.25) is 4.79 Å². The van der Waals surface area contributed by atoms with Crippen LogP contribution in [0, 0.1) is 0 Å². The lowest BCUT2D eigenvalue weighted by atomic mass is 10.2. The average Bonchev–Trinajstić information content (AvgIpc) is 2.55. The Morgan fingerprint density at radius 2 is 1.61 bits per heavy atom. The van der Waals surface area contributed by atoms with Crippen LogP contribution < -0.4 is 10.5 Å². The second-order valence-corrected chi connectivity index (χ2v) is 13.5. The molecule has 28 heavy (non-hydrogen) atoms. The number of aliphatic carboxylic acids is 1. The first kappa shape index (κ1) is 24.2. The number of halogens is 1. The molecule has 1 amide bonds. The Labute approximate surface area is 166 Å². The average molecular weight is 415 g/mol. The fourth-order valence-corrected chi connectivity index (χ4v) is 7.82. The summed E-state index contributed by atoms with van der Waals surface area (Å²) in [6, 6.07) is 3.30. The van der Waals surface area contributed by atoms with Crippen molar-refractivity contribution < 1.29 is 28.3 Å². The molecule has 0 aliphatic rings. The number of carbonyl (C=O) groups is 2. The molecule has 0 atom stereocenters. The number of hydrogen-bond donors (Lipinski definition) is 2. The highest BCUT2D eigenvalue weighted by atomic mass is 28.4. The van der Waals surface area contributed by atoms with Gasteiger partial charge in [0.05, 0.1) is 13.2 Å². The summed E-state index contributed by atoms with van der Waals surface area (Å²) in [5, 5.41) is 10.6. The van der Waals surface area contributed by atoms with Crippen molar-refractivity contribution in [3.8, 4) is 0 Å². The van der Waals surface area contributed by atoms with Gasteiger partial charge in [0, 0.05) is 6.20 Å². The van der Waals surface area contributed by atoms with E-state index in [2.05, 4.69) is 10.3 Å². The number of nitrogens with zero attached hydrogens (tertiary/aromatic N) is 1. The molecule has 0 radical (unpaired) electrons. The molecule has 2 N–H and O–H groups in total. The first-order valence-corrected chi connectivity index (χ1v) is 11.0. The van der Waals surface area contributed by atoms with Crippen molar-refractivity contribution in [3.05, 3.63) is 18.3 Å². The maximum atomic E-state index is 16.2. The standard InChI is InChI=1S/C19H31FN2O5Si/c1-18(2,3)28(20,19(4,5)6)14-7-8-15(21-11-14)22-16(23)12-26-9-10-27-13-17(24)25/h7-8,11H,9-10,12-13H2,1-6H3,(H,24,25)(H,21,22,23). The number of aromatic nitrogens is 1. The number of hydrogen-bond acceptors (Lipinski definition) is 5. The van der Waals surface area contributed by atoms with Crippen LogP contribution in [0.5, 0.6) is 0 Å². The zero-order valence-electron chi connectivity index (χ0n) is 17.5. The van der Waals surface area contributed by atoms with Gasteiger partial charge in [-0.1, -0.05) is 47.6 Å². The monoisotopic (exact) mass is 414 g/mol. The summed E-state index contributed by atoms with van der Waals surface area (Å²) >= 11 is 0. The molecule has 0 saturated carbocycles. The Kier molecular flexibility index (Phi) is 8.27. The zero-order chi connectivity index (χ0) is 21.6. The maximum Gasteiger partial charge on any atom is 0.329 e. The van der Waals surface area contributed by atoms with Crippen LogP contribution in [0.15, 0.2) is 18.3 Å². The molecule has 7 nitrogen and oxygen atoms in total. The van der Waals surface area contributed by atoms with E-state index in [0.717, 1.165) is 0 Å². The van der Waals surface area contributed by atoms with Gasteiger partial charge in [-0.2, -0.15) is 0 Å². The molecule has 0 aliphatic heterocycles. The fourth-order valence-electron chi connectivity index (χ4n) is 3.28. The smallest absolute Gasteiger partial charge is 0.329 e. The Balaban J connectivity index is 2.65. The second-order valence-electron chi connectivity index (χ2n) is 8.64. The molecule has 9 heteroatoms. The highest BCUT2D eigenvalue weighted by Crippen LogP contribution is 2.51. The molecular weight excluding hydrogens is 383 g/mol. The summed E-state index contributed by atoms with van der Waals surface area (Å²) in [5.74, 6) is -1.15. The van der Waals surface area contributed by atoms with E-state index < -0.39 is 37.0 Å². The van der Waals surface area contributed by atoms with E-state index in [-0.39, 0.29) is 19.8 Å². The van der Waals surface area contributed by atoms with E-state index >= 15 is 4.11 Å². The van der Waals surface area contributed by atoms with Gasteiger partial charge in [-0.25, -0.2) is 9.78 Å². The molecule has 1 aromatic rings. The van der Waals surface area contributed by atoms with Crippen molar-refractivity contribution in [1.29, 1.82) is 0 Å². The minimum absolute atomic E-state index is 0.0787. The highest BCUT2D eigenvalue weighted by molar-refractivity contribution is 6.90. The molecule has 0 spiro atoms. The SMILES string of the molecule is CC(C)(C)[Si](F)(c1ccc(NC(=O)COCCOCC(=O)O)nc1)C(C)(C)C. The lowest BCUT2D eigenvalue weighted by Crippen LogP contribution is -2.58. The summed E-state index contributed by atoms with van der Waals surface area (Å²) in [4.78, 5) is 26.4. The molecule has 0 fully saturated rings. The van der Waals surface area contributed by atoms with Crippen molar-refractivity contribution in [2.24, 2.45) is 0 Å². The Morgan fingerprint density at radius 3 is 2.04 bits per heavy atom. The van der Waals surface area contributed by atoms with Gasteiger partial charge >= 0.3 is 5.97 Å². The summed E-state index contributed by atoms with van der Waals surface area (Å²) < 4.78 is 26.1.